The van der Waals surface area contributed by atoms with E-state index in [-0.39, 0.29) is 0 Å². The molecule has 0 aliphatic heterocycles. The van der Waals surface area contributed by atoms with Gasteiger partial charge in [0, 0.05) is 18.8 Å². The lowest BCUT2D eigenvalue weighted by molar-refractivity contribution is 0.115. The average molecular weight is 455 g/mol. The van der Waals surface area contributed by atoms with Crippen molar-refractivity contribution in [2.75, 3.05) is 31.2 Å². The van der Waals surface area contributed by atoms with Crippen molar-refractivity contribution in [2.24, 2.45) is 0 Å². The fourth-order valence-corrected chi connectivity index (χ4v) is 3.86. The average Bonchev–Trinajstić information content (AvgIpc) is 2.88. The van der Waals surface area contributed by atoms with E-state index in [9.17, 15) is 10.0 Å². The van der Waals surface area contributed by atoms with Gasteiger partial charge >= 0.3 is 7.12 Å². The molecule has 4 aromatic rings. The number of anilines is 1. The quantitative estimate of drug-likeness (QED) is 0.252. The van der Waals surface area contributed by atoms with Gasteiger partial charge in [-0.15, -0.1) is 0 Å². The summed E-state index contributed by atoms with van der Waals surface area (Å²) in [5.41, 5.74) is 3.89. The van der Waals surface area contributed by atoms with Crippen LogP contribution in [0.5, 0.6) is 0 Å². The van der Waals surface area contributed by atoms with Gasteiger partial charge in [-0.2, -0.15) is 0 Å². The summed E-state index contributed by atoms with van der Waals surface area (Å²) in [7, 11) is -1.47. The summed E-state index contributed by atoms with van der Waals surface area (Å²) in [6.45, 7) is 3.84. The van der Waals surface area contributed by atoms with E-state index in [1.807, 2.05) is 48.5 Å². The molecular weight excluding hydrogens is 425 g/mol. The van der Waals surface area contributed by atoms with Gasteiger partial charge in [-0.25, -0.2) is 0 Å². The first-order valence-corrected chi connectivity index (χ1v) is 11.6. The summed E-state index contributed by atoms with van der Waals surface area (Å²) < 4.78 is 11.9. The molecule has 0 unspecified atom stereocenters. The zero-order valence-corrected chi connectivity index (χ0v) is 19.2. The SMILES string of the molecule is OB(O)c1ccc2cc(N(CCOCc3ccccc3)CCOCc3ccccc3)ccc2c1. The van der Waals surface area contributed by atoms with E-state index in [1.54, 1.807) is 12.1 Å². The Hall–Kier alpha value is -3.16. The summed E-state index contributed by atoms with van der Waals surface area (Å²) >= 11 is 0. The van der Waals surface area contributed by atoms with Gasteiger partial charge < -0.3 is 24.4 Å². The third kappa shape index (κ3) is 6.92. The molecular formula is C28H30BNO4. The molecule has 0 bridgehead atoms. The number of hydrogen-bond acceptors (Lipinski definition) is 5. The van der Waals surface area contributed by atoms with Crippen LogP contribution in [0.2, 0.25) is 0 Å². The van der Waals surface area contributed by atoms with Gasteiger partial charge in [-0.1, -0.05) is 84.9 Å². The second kappa shape index (κ2) is 12.3. The predicted molar refractivity (Wildman–Crippen MR) is 138 cm³/mol. The van der Waals surface area contributed by atoms with Gasteiger partial charge in [0.05, 0.1) is 26.4 Å². The first-order valence-electron chi connectivity index (χ1n) is 11.6. The van der Waals surface area contributed by atoms with E-state index >= 15 is 0 Å². The van der Waals surface area contributed by atoms with Crippen LogP contribution in [0.1, 0.15) is 11.1 Å². The Balaban J connectivity index is 1.40. The van der Waals surface area contributed by atoms with Crippen LogP contribution in [0.4, 0.5) is 5.69 Å². The number of nitrogens with zero attached hydrogens (tertiary/aromatic N) is 1. The molecule has 0 atom stereocenters. The Morgan fingerprint density at radius 2 is 1.15 bits per heavy atom. The highest BCUT2D eigenvalue weighted by molar-refractivity contribution is 6.58. The summed E-state index contributed by atoms with van der Waals surface area (Å²) in [5, 5.41) is 20.9. The van der Waals surface area contributed by atoms with Crippen LogP contribution in [0, 0.1) is 0 Å². The van der Waals surface area contributed by atoms with Crippen LogP contribution in [0.25, 0.3) is 10.8 Å². The van der Waals surface area contributed by atoms with Crippen molar-refractivity contribution in [2.45, 2.75) is 13.2 Å². The molecule has 0 radical (unpaired) electrons. The number of fused-ring (bicyclic) bond motifs is 1. The molecule has 0 aliphatic rings. The molecule has 174 valence electrons. The molecule has 0 aromatic heterocycles. The van der Waals surface area contributed by atoms with Gasteiger partial charge in [0.25, 0.3) is 0 Å². The van der Waals surface area contributed by atoms with E-state index in [2.05, 4.69) is 41.3 Å². The molecule has 2 N–H and O–H groups in total. The lowest BCUT2D eigenvalue weighted by Crippen LogP contribution is -2.31. The standard InChI is InChI=1S/C28H30BNO4/c31-29(32)27-13-11-26-20-28(14-12-25(26)19-27)30(15-17-33-21-23-7-3-1-4-8-23)16-18-34-22-24-9-5-2-6-10-24/h1-14,19-20,31-32H,15-18,21-22H2. The number of rotatable bonds is 12. The first-order chi connectivity index (χ1) is 16.7. The number of hydrogen-bond donors (Lipinski definition) is 2. The van der Waals surface area contributed by atoms with Gasteiger partial charge in [-0.05, 0) is 39.5 Å². The Bertz CT molecular complexity index is 1110. The monoisotopic (exact) mass is 455 g/mol. The highest BCUT2D eigenvalue weighted by Crippen LogP contribution is 2.22. The smallest absolute Gasteiger partial charge is 0.423 e. The van der Waals surface area contributed by atoms with Crippen LogP contribution in [0.3, 0.4) is 0 Å². The van der Waals surface area contributed by atoms with Gasteiger partial charge in [0.15, 0.2) is 0 Å². The van der Waals surface area contributed by atoms with Crippen LogP contribution in [-0.4, -0.2) is 43.5 Å². The van der Waals surface area contributed by atoms with Crippen LogP contribution in [-0.2, 0) is 22.7 Å². The minimum atomic E-state index is -1.47. The second-order valence-electron chi connectivity index (χ2n) is 8.23. The van der Waals surface area contributed by atoms with E-state index < -0.39 is 7.12 Å². The molecule has 34 heavy (non-hydrogen) atoms. The molecule has 5 nitrogen and oxygen atoms in total. The predicted octanol–water partition coefficient (Wildman–Crippen LogP) is 3.76. The molecule has 4 rings (SSSR count). The highest BCUT2D eigenvalue weighted by Gasteiger charge is 2.12. The van der Waals surface area contributed by atoms with Gasteiger partial charge in [-0.3, -0.25) is 0 Å². The maximum Gasteiger partial charge on any atom is 0.488 e. The highest BCUT2D eigenvalue weighted by atomic mass is 16.5. The first kappa shape index (κ1) is 24.0. The summed E-state index contributed by atoms with van der Waals surface area (Å²) in [4.78, 5) is 2.27. The van der Waals surface area contributed by atoms with Crippen molar-refractivity contribution in [3.63, 3.8) is 0 Å². The van der Waals surface area contributed by atoms with Crippen molar-refractivity contribution in [3.8, 4) is 0 Å². The molecule has 6 heteroatoms. The molecule has 0 amide bonds. The Morgan fingerprint density at radius 1 is 0.618 bits per heavy atom. The minimum Gasteiger partial charge on any atom is -0.423 e. The largest absolute Gasteiger partial charge is 0.488 e. The Morgan fingerprint density at radius 3 is 1.71 bits per heavy atom. The molecule has 0 saturated carbocycles. The van der Waals surface area contributed by atoms with E-state index in [4.69, 9.17) is 9.47 Å². The lowest BCUT2D eigenvalue weighted by atomic mass is 9.79. The molecule has 0 spiro atoms. The topological polar surface area (TPSA) is 62.2 Å². The van der Waals surface area contributed by atoms with Crippen molar-refractivity contribution in [3.05, 3.63) is 108 Å². The molecule has 0 aliphatic carbocycles. The second-order valence-corrected chi connectivity index (χ2v) is 8.23. The lowest BCUT2D eigenvalue weighted by Gasteiger charge is -2.25. The Labute approximate surface area is 201 Å². The number of ether oxygens (including phenoxy) is 2. The third-order valence-corrected chi connectivity index (χ3v) is 5.75. The Kier molecular flexibility index (Phi) is 8.71. The fourth-order valence-electron chi connectivity index (χ4n) is 3.86. The number of benzene rings is 4. The van der Waals surface area contributed by atoms with E-state index in [0.29, 0.717) is 31.9 Å². The maximum absolute atomic E-state index is 9.45. The maximum atomic E-state index is 9.45. The van der Waals surface area contributed by atoms with E-state index in [0.717, 1.165) is 40.7 Å². The van der Waals surface area contributed by atoms with Gasteiger partial charge in [0.1, 0.15) is 0 Å². The molecule has 0 fully saturated rings. The van der Waals surface area contributed by atoms with Crippen LogP contribution in [0.15, 0.2) is 97.1 Å². The van der Waals surface area contributed by atoms with Crippen molar-refractivity contribution >= 4 is 29.0 Å². The van der Waals surface area contributed by atoms with Gasteiger partial charge in [0.2, 0.25) is 0 Å². The third-order valence-electron chi connectivity index (χ3n) is 5.75. The van der Waals surface area contributed by atoms with Crippen molar-refractivity contribution in [1.29, 1.82) is 0 Å². The zero-order chi connectivity index (χ0) is 23.6. The summed E-state index contributed by atoms with van der Waals surface area (Å²) in [6, 6.07) is 32.0. The van der Waals surface area contributed by atoms with Crippen LogP contribution >= 0.6 is 0 Å². The summed E-state index contributed by atoms with van der Waals surface area (Å²) in [5.74, 6) is 0. The van der Waals surface area contributed by atoms with Crippen LogP contribution < -0.4 is 10.4 Å². The normalized spacial score (nSPS) is 11.0. The zero-order valence-electron chi connectivity index (χ0n) is 19.2. The molecule has 0 heterocycles. The van der Waals surface area contributed by atoms with Crippen molar-refractivity contribution in [1.82, 2.24) is 0 Å². The minimum absolute atomic E-state index is 0.487. The van der Waals surface area contributed by atoms with Crippen molar-refractivity contribution < 1.29 is 19.5 Å². The van der Waals surface area contributed by atoms with E-state index in [1.165, 1.54) is 0 Å². The molecule has 0 saturated heterocycles. The fraction of sp³-hybridized carbons (Fsp3) is 0.214. The molecule has 4 aromatic carbocycles. The summed E-state index contributed by atoms with van der Waals surface area (Å²) in [6.07, 6.45) is 0.